The maximum atomic E-state index is 14.0. The Labute approximate surface area is 209 Å². The third-order valence-corrected chi connectivity index (χ3v) is 6.54. The van der Waals surface area contributed by atoms with Crippen molar-refractivity contribution in [1.82, 2.24) is 19.5 Å². The first-order valence-corrected chi connectivity index (χ1v) is 12.8. The van der Waals surface area contributed by atoms with Crippen molar-refractivity contribution in [3.63, 3.8) is 0 Å². The smallest absolute Gasteiger partial charge is 0.315 e. The SMILES string of the molecule is Cc1cc(=O)n(CCNc2nc(F)nc(Nc3cc(S(O)(O)O)ccc3S(=O)(=O)O)n2)c(O)c1C(N)=O. The summed E-state index contributed by atoms with van der Waals surface area (Å²) >= 11 is 0. The lowest BCUT2D eigenvalue weighted by Gasteiger charge is -2.20. The molecule has 3 rings (SSSR count). The van der Waals surface area contributed by atoms with Crippen LogP contribution in [0.15, 0.2) is 38.9 Å². The van der Waals surface area contributed by atoms with Gasteiger partial charge in [0, 0.05) is 19.2 Å². The van der Waals surface area contributed by atoms with E-state index < -0.39 is 71.8 Å². The van der Waals surface area contributed by atoms with E-state index in [9.17, 15) is 45.7 Å². The second-order valence-electron chi connectivity index (χ2n) is 7.34. The Bertz CT molecular complexity index is 1540. The van der Waals surface area contributed by atoms with E-state index in [1.807, 2.05) is 0 Å². The average molecular weight is 562 g/mol. The number of aromatic nitrogens is 4. The van der Waals surface area contributed by atoms with Gasteiger partial charge >= 0.3 is 6.08 Å². The highest BCUT2D eigenvalue weighted by Gasteiger charge is 2.23. The molecular formula is C18H20FN7O9S2. The van der Waals surface area contributed by atoms with Crippen LogP contribution in [0.4, 0.5) is 22.0 Å². The third kappa shape index (κ3) is 6.47. The van der Waals surface area contributed by atoms with E-state index >= 15 is 0 Å². The van der Waals surface area contributed by atoms with Gasteiger partial charge in [-0.3, -0.25) is 18.7 Å². The summed E-state index contributed by atoms with van der Waals surface area (Å²) in [5.41, 5.74) is 3.94. The normalized spacial score (nSPS) is 12.3. The summed E-state index contributed by atoms with van der Waals surface area (Å²) in [5, 5.41) is 15.1. The molecule has 0 bridgehead atoms. The van der Waals surface area contributed by atoms with E-state index in [0.717, 1.165) is 28.8 Å². The molecule has 0 atom stereocenters. The second-order valence-corrected chi connectivity index (χ2v) is 10.2. The number of nitrogens with zero attached hydrogens (tertiary/aromatic N) is 4. The largest absolute Gasteiger partial charge is 0.494 e. The fraction of sp³-hybridized carbons (Fsp3) is 0.167. The minimum Gasteiger partial charge on any atom is -0.494 e. The zero-order chi connectivity index (χ0) is 27.7. The molecule has 9 N–H and O–H groups in total. The third-order valence-electron chi connectivity index (χ3n) is 4.74. The van der Waals surface area contributed by atoms with Gasteiger partial charge in [0.2, 0.25) is 17.8 Å². The van der Waals surface area contributed by atoms with Gasteiger partial charge < -0.3 is 35.1 Å². The molecule has 3 aromatic rings. The Morgan fingerprint density at radius 3 is 2.35 bits per heavy atom. The number of hydrogen-bond donors (Lipinski definition) is 8. The van der Waals surface area contributed by atoms with Crippen LogP contribution in [-0.4, -0.2) is 63.7 Å². The van der Waals surface area contributed by atoms with Crippen LogP contribution in [0.1, 0.15) is 15.9 Å². The zero-order valence-corrected chi connectivity index (χ0v) is 20.3. The number of carbonyl (C=O) groups is 1. The molecule has 37 heavy (non-hydrogen) atoms. The van der Waals surface area contributed by atoms with Crippen molar-refractivity contribution in [3.8, 4) is 5.88 Å². The monoisotopic (exact) mass is 561 g/mol. The molecule has 0 spiro atoms. The van der Waals surface area contributed by atoms with E-state index in [-0.39, 0.29) is 24.2 Å². The van der Waals surface area contributed by atoms with Crippen molar-refractivity contribution in [2.45, 2.75) is 23.3 Å². The van der Waals surface area contributed by atoms with Crippen LogP contribution in [0.25, 0.3) is 0 Å². The van der Waals surface area contributed by atoms with Crippen LogP contribution in [0.5, 0.6) is 5.88 Å². The van der Waals surface area contributed by atoms with Crippen molar-refractivity contribution >= 4 is 44.5 Å². The highest BCUT2D eigenvalue weighted by atomic mass is 32.3. The molecule has 0 aliphatic carbocycles. The number of aryl methyl sites for hydroxylation is 1. The number of nitrogens with one attached hydrogen (secondary N) is 2. The van der Waals surface area contributed by atoms with Crippen molar-refractivity contribution in [2.75, 3.05) is 17.2 Å². The number of halogens is 1. The highest BCUT2D eigenvalue weighted by molar-refractivity contribution is 8.19. The van der Waals surface area contributed by atoms with Crippen molar-refractivity contribution in [3.05, 3.63) is 51.8 Å². The minimum atomic E-state index is -4.87. The Morgan fingerprint density at radius 2 is 1.76 bits per heavy atom. The van der Waals surface area contributed by atoms with Gasteiger partial charge in [-0.25, -0.2) is 0 Å². The number of aromatic hydroxyl groups is 1. The number of amides is 1. The molecule has 0 saturated heterocycles. The van der Waals surface area contributed by atoms with Crippen molar-refractivity contribution in [2.24, 2.45) is 5.73 Å². The van der Waals surface area contributed by atoms with Gasteiger partial charge in [0.05, 0.1) is 10.6 Å². The van der Waals surface area contributed by atoms with Gasteiger partial charge in [-0.05, 0) is 30.7 Å². The lowest BCUT2D eigenvalue weighted by molar-refractivity contribution is 0.0995. The summed E-state index contributed by atoms with van der Waals surface area (Å²) in [6, 6.07) is 3.43. The number of benzene rings is 1. The lowest BCUT2D eigenvalue weighted by Crippen LogP contribution is -2.27. The van der Waals surface area contributed by atoms with E-state index in [4.69, 9.17) is 5.73 Å². The predicted molar refractivity (Wildman–Crippen MR) is 127 cm³/mol. The molecule has 16 nitrogen and oxygen atoms in total. The van der Waals surface area contributed by atoms with Gasteiger partial charge in [-0.15, -0.1) is 0 Å². The molecule has 2 heterocycles. The van der Waals surface area contributed by atoms with E-state index in [1.54, 1.807) is 0 Å². The number of anilines is 3. The molecule has 0 radical (unpaired) electrons. The van der Waals surface area contributed by atoms with Gasteiger partial charge in [0.25, 0.3) is 21.6 Å². The first kappa shape index (κ1) is 27.7. The van der Waals surface area contributed by atoms with Gasteiger partial charge in [0.15, 0.2) is 0 Å². The van der Waals surface area contributed by atoms with Crippen LogP contribution in [-0.2, 0) is 16.7 Å². The Balaban J connectivity index is 1.87. The second kappa shape index (κ2) is 10.2. The van der Waals surface area contributed by atoms with Crippen LogP contribution in [0.3, 0.4) is 0 Å². The van der Waals surface area contributed by atoms with Crippen molar-refractivity contribution < 1.29 is 40.9 Å². The molecular weight excluding hydrogens is 541 g/mol. The summed E-state index contributed by atoms with van der Waals surface area (Å²) in [5.74, 6) is -2.64. The topological polar surface area (TPSA) is 263 Å². The number of carbonyl (C=O) groups excluding carboxylic acids is 1. The molecule has 0 aliphatic heterocycles. The molecule has 19 heteroatoms. The maximum absolute atomic E-state index is 14.0. The molecule has 0 aliphatic rings. The van der Waals surface area contributed by atoms with Crippen LogP contribution in [0.2, 0.25) is 0 Å². The van der Waals surface area contributed by atoms with Crippen LogP contribution >= 0.6 is 10.9 Å². The first-order valence-electron chi connectivity index (χ1n) is 9.86. The number of nitrogens with two attached hydrogens (primary N) is 1. The van der Waals surface area contributed by atoms with Gasteiger partial charge in [-0.1, -0.05) is 0 Å². The molecule has 0 saturated carbocycles. The fourth-order valence-corrected chi connectivity index (χ4v) is 4.31. The predicted octanol–water partition coefficient (Wildman–Crippen LogP) is 0.970. The average Bonchev–Trinajstić information content (AvgIpc) is 2.73. The standard InChI is InChI=1S/C18H20FN7O9S2/c1-8-6-12(27)26(15(29)13(8)14(20)28)5-4-21-17-23-16(19)24-18(25-17)22-10-7-9(36(30,31)32)2-3-11(10)37(33,34)35/h2-3,6-7,29-32H,4-5H2,1H3,(H2,20,28)(H,33,34,35)(H2,21,22,23,24,25). The van der Waals surface area contributed by atoms with Gasteiger partial charge in [0.1, 0.15) is 21.3 Å². The van der Waals surface area contributed by atoms with E-state index in [2.05, 4.69) is 25.6 Å². The van der Waals surface area contributed by atoms with E-state index in [0.29, 0.717) is 0 Å². The number of rotatable bonds is 9. The van der Waals surface area contributed by atoms with Crippen LogP contribution in [0, 0.1) is 13.0 Å². The summed E-state index contributed by atoms with van der Waals surface area (Å²) in [4.78, 5) is 33.0. The lowest BCUT2D eigenvalue weighted by atomic mass is 10.1. The quantitative estimate of drug-likeness (QED) is 0.169. The number of primary amides is 1. The fourth-order valence-electron chi connectivity index (χ4n) is 3.16. The Morgan fingerprint density at radius 1 is 1.11 bits per heavy atom. The highest BCUT2D eigenvalue weighted by Crippen LogP contribution is 2.45. The molecule has 0 unspecified atom stereocenters. The maximum Gasteiger partial charge on any atom is 0.315 e. The number of pyridine rings is 1. The Kier molecular flexibility index (Phi) is 7.67. The van der Waals surface area contributed by atoms with E-state index in [1.165, 1.54) is 6.92 Å². The molecule has 0 fully saturated rings. The zero-order valence-electron chi connectivity index (χ0n) is 18.7. The molecule has 2 aromatic heterocycles. The Hall–Kier alpha value is -3.88. The van der Waals surface area contributed by atoms with Crippen molar-refractivity contribution in [1.29, 1.82) is 0 Å². The first-order chi connectivity index (χ1) is 17.1. The summed E-state index contributed by atoms with van der Waals surface area (Å²) in [6.45, 7) is 0.984. The molecule has 200 valence electrons. The summed E-state index contributed by atoms with van der Waals surface area (Å²) in [7, 11) is -9.16. The summed E-state index contributed by atoms with van der Waals surface area (Å²) in [6.07, 6.45) is -1.35. The van der Waals surface area contributed by atoms with Crippen LogP contribution < -0.4 is 21.9 Å². The summed E-state index contributed by atoms with van der Waals surface area (Å²) < 4.78 is 75.9. The van der Waals surface area contributed by atoms with Gasteiger partial charge in [-0.2, -0.15) is 27.8 Å². The number of hydrogen-bond acceptors (Lipinski definition) is 13. The molecule has 1 aromatic carbocycles. The minimum absolute atomic E-state index is 0.172. The molecule has 1 amide bonds.